The summed E-state index contributed by atoms with van der Waals surface area (Å²) in [7, 11) is 0. The Hall–Kier alpha value is -7.17. The van der Waals surface area contributed by atoms with Gasteiger partial charge in [-0.05, 0) is 94.0 Å². The Bertz CT molecular complexity index is 3430. The molecule has 0 saturated carbocycles. The van der Waals surface area contributed by atoms with Crippen LogP contribution in [0.25, 0.3) is 94.5 Å². The summed E-state index contributed by atoms with van der Waals surface area (Å²) in [6, 6.07) is 66.1. The maximum absolute atomic E-state index is 7.28. The molecule has 0 fully saturated rings. The zero-order valence-electron chi connectivity index (χ0n) is 39.6. The second-order valence-electron chi connectivity index (χ2n) is 15.0. The van der Waals surface area contributed by atoms with Crippen molar-refractivity contribution in [3.05, 3.63) is 223 Å². The number of hydrogen-bond acceptors (Lipinski definition) is 3. The number of fused-ring (bicyclic) bond motifs is 3. The number of furan rings is 1. The molecule has 0 N–H and O–H groups in total. The molecule has 0 amide bonds. The molecule has 0 aliphatic heterocycles. The van der Waals surface area contributed by atoms with Crippen molar-refractivity contribution in [2.75, 3.05) is 0 Å². The van der Waals surface area contributed by atoms with E-state index < -0.39 is 13.7 Å². The molecule has 11 rings (SSSR count). The molecule has 3 aromatic heterocycles. The fourth-order valence-corrected chi connectivity index (χ4v) is 7.94. The maximum Gasteiger partial charge on any atom is 0.0774 e. The Morgan fingerprint density at radius 2 is 1.24 bits per heavy atom. The molecule has 11 aromatic rings. The summed E-state index contributed by atoms with van der Waals surface area (Å²) in [6.45, 7) is -2.17. The van der Waals surface area contributed by atoms with Crippen molar-refractivity contribution >= 4 is 32.8 Å². The Morgan fingerprint density at radius 1 is 0.581 bits per heavy atom. The summed E-state index contributed by atoms with van der Waals surface area (Å²) in [6.07, 6.45) is 4.58. The van der Waals surface area contributed by atoms with Crippen molar-refractivity contribution in [3.63, 3.8) is 0 Å². The Kier molecular flexibility index (Phi) is 9.43. The molecule has 8 aromatic carbocycles. The van der Waals surface area contributed by atoms with Gasteiger partial charge in [0, 0.05) is 57.5 Å². The minimum Gasteiger partial charge on any atom is -0.557 e. The fraction of sp³-hybridized carbons (Fsp3) is 0.0526. The van der Waals surface area contributed by atoms with Crippen LogP contribution in [0.5, 0.6) is 0 Å². The van der Waals surface area contributed by atoms with Crippen molar-refractivity contribution in [2.24, 2.45) is 0 Å². The first kappa shape index (κ1) is 33.5. The smallest absolute Gasteiger partial charge is 0.0774 e. The molecular weight excluding hydrogens is 935 g/mol. The number of pyridine rings is 1. The summed E-state index contributed by atoms with van der Waals surface area (Å²) < 4.78 is 52.1. The zero-order valence-corrected chi connectivity index (χ0v) is 36.0. The molecule has 0 aliphatic carbocycles. The van der Waals surface area contributed by atoms with Crippen molar-refractivity contribution in [1.29, 1.82) is 0 Å². The second-order valence-corrected chi connectivity index (χ2v) is 15.0. The predicted octanol–water partition coefficient (Wildman–Crippen LogP) is 14.9. The molecule has 5 heteroatoms. The first-order valence-electron chi connectivity index (χ1n) is 23.1. The largest absolute Gasteiger partial charge is 0.557 e. The van der Waals surface area contributed by atoms with E-state index in [1.54, 1.807) is 12.1 Å². The first-order chi connectivity index (χ1) is 32.4. The third kappa shape index (κ3) is 7.92. The quantitative estimate of drug-likeness (QED) is 0.156. The SMILES string of the molecule is Cc1cc(-c2ccccc2)c(-n2c(-c3[c-]oc4ccc(-c5ccc6ccccc6c5)cc34)nc3ccccc32)c(-c2ccccc2)c1.[2H]C([2H])([2H])c1c[c-]c(-c2ccc(C([2H])([2H])[2H])cn2)cc1.[Ir]. The summed E-state index contributed by atoms with van der Waals surface area (Å²) >= 11 is 0. The third-order valence-corrected chi connectivity index (χ3v) is 10.9. The molecule has 1 radical (unpaired) electrons. The van der Waals surface area contributed by atoms with Gasteiger partial charge in [0.2, 0.25) is 0 Å². The zero-order chi connectivity index (χ0) is 46.3. The number of benzene rings is 8. The van der Waals surface area contributed by atoms with Gasteiger partial charge in [0.05, 0.1) is 22.5 Å². The molecule has 4 nitrogen and oxygen atoms in total. The van der Waals surface area contributed by atoms with Crippen LogP contribution < -0.4 is 0 Å². The van der Waals surface area contributed by atoms with E-state index in [9.17, 15) is 0 Å². The van der Waals surface area contributed by atoms with Crippen LogP contribution in [0.1, 0.15) is 24.9 Å². The van der Waals surface area contributed by atoms with Crippen LogP contribution in [0.15, 0.2) is 199 Å². The van der Waals surface area contributed by atoms with Crippen LogP contribution >= 0.6 is 0 Å². The number of aryl methyl sites for hydroxylation is 3. The molecule has 0 atom stereocenters. The molecular formula is C57H41IrN3O-2. The molecule has 301 valence electrons. The van der Waals surface area contributed by atoms with E-state index in [4.69, 9.17) is 17.6 Å². The number of imidazole rings is 1. The van der Waals surface area contributed by atoms with Crippen LogP contribution in [0.2, 0.25) is 0 Å². The molecule has 0 aliphatic rings. The van der Waals surface area contributed by atoms with Crippen molar-refractivity contribution in [3.8, 4) is 61.7 Å². The topological polar surface area (TPSA) is 43.9 Å². The number of para-hydroxylation sites is 2. The fourth-order valence-electron chi connectivity index (χ4n) is 7.94. The molecule has 0 saturated heterocycles. The number of hydrogen-bond donors (Lipinski definition) is 0. The minimum absolute atomic E-state index is 0. The Morgan fingerprint density at radius 3 is 1.94 bits per heavy atom. The number of nitrogens with zero attached hydrogens (tertiary/aromatic N) is 3. The average Bonchev–Trinajstić information content (AvgIpc) is 3.95. The first-order valence-corrected chi connectivity index (χ1v) is 20.1. The van der Waals surface area contributed by atoms with Gasteiger partial charge in [0.1, 0.15) is 0 Å². The van der Waals surface area contributed by atoms with Gasteiger partial charge in [0.25, 0.3) is 0 Å². The third-order valence-electron chi connectivity index (χ3n) is 10.9. The van der Waals surface area contributed by atoms with Crippen LogP contribution in [-0.4, -0.2) is 14.5 Å². The predicted molar refractivity (Wildman–Crippen MR) is 252 cm³/mol. The summed E-state index contributed by atoms with van der Waals surface area (Å²) in [5, 5.41) is 3.42. The standard InChI is InChI=1S/C44H29N2O.C13H12N.Ir/c1-29-24-36(31-13-4-2-5-14-31)43(37(25-29)32-15-6-3-7-16-32)46-41-19-11-10-18-40(41)45-44(46)39-28-47-42-23-22-35(27-38(39)42)34-21-20-30-12-8-9-17-33(30)26-34;1-10-3-6-12(7-4-10)13-8-5-11(2)9-14-13;/h2-27H,1H3;3-6,8-9H,1-2H3;/q2*-1;/i;1D3,2D3;. The van der Waals surface area contributed by atoms with Gasteiger partial charge < -0.3 is 14.0 Å². The number of aromatic nitrogens is 3. The van der Waals surface area contributed by atoms with Crippen LogP contribution in [0.4, 0.5) is 0 Å². The molecule has 3 heterocycles. The molecule has 62 heavy (non-hydrogen) atoms. The minimum atomic E-state index is -2.18. The summed E-state index contributed by atoms with van der Waals surface area (Å²) in [4.78, 5) is 9.36. The van der Waals surface area contributed by atoms with Gasteiger partial charge in [-0.25, -0.2) is 0 Å². The van der Waals surface area contributed by atoms with E-state index >= 15 is 0 Å². The molecule has 0 spiro atoms. The molecule has 0 unspecified atom stereocenters. The van der Waals surface area contributed by atoms with Crippen LogP contribution in [0, 0.1) is 33.0 Å². The van der Waals surface area contributed by atoms with E-state index in [-0.39, 0.29) is 31.2 Å². The number of rotatable bonds is 6. The summed E-state index contributed by atoms with van der Waals surface area (Å²) in [5.74, 6) is 0.791. The monoisotopic (exact) mass is 982 g/mol. The maximum atomic E-state index is 7.28. The van der Waals surface area contributed by atoms with Crippen molar-refractivity contribution in [1.82, 2.24) is 14.5 Å². The molecule has 0 bridgehead atoms. The van der Waals surface area contributed by atoms with E-state index in [1.807, 2.05) is 12.1 Å². The van der Waals surface area contributed by atoms with E-state index in [0.29, 0.717) is 11.3 Å². The van der Waals surface area contributed by atoms with E-state index in [1.165, 1.54) is 40.7 Å². The van der Waals surface area contributed by atoms with Crippen LogP contribution in [0.3, 0.4) is 0 Å². The normalized spacial score (nSPS) is 12.9. The van der Waals surface area contributed by atoms with Gasteiger partial charge >= 0.3 is 0 Å². The van der Waals surface area contributed by atoms with Crippen molar-refractivity contribution < 1.29 is 32.7 Å². The second kappa shape index (κ2) is 17.4. The Labute approximate surface area is 384 Å². The van der Waals surface area contributed by atoms with Gasteiger partial charge in [-0.2, -0.15) is 0 Å². The Balaban J connectivity index is 0.000000232. The van der Waals surface area contributed by atoms with Gasteiger partial charge in [-0.1, -0.05) is 157 Å². The van der Waals surface area contributed by atoms with E-state index in [0.717, 1.165) is 72.5 Å². The van der Waals surface area contributed by atoms with Crippen LogP contribution in [-0.2, 0) is 20.1 Å². The van der Waals surface area contributed by atoms with Gasteiger partial charge in [-0.3, -0.25) is 4.98 Å². The summed E-state index contributed by atoms with van der Waals surface area (Å²) in [5.41, 5.74) is 14.2. The average molecular weight is 982 g/mol. The van der Waals surface area contributed by atoms with Gasteiger partial charge in [0.15, 0.2) is 0 Å². The van der Waals surface area contributed by atoms with Gasteiger partial charge in [-0.15, -0.1) is 35.4 Å². The van der Waals surface area contributed by atoms with Crippen molar-refractivity contribution in [2.45, 2.75) is 20.6 Å². The van der Waals surface area contributed by atoms with E-state index in [2.05, 4.69) is 174 Å².